The second-order valence-corrected chi connectivity index (χ2v) is 17.8. The Balaban J connectivity index is 0.887. The zero-order chi connectivity index (χ0) is 45.2. The van der Waals surface area contributed by atoms with Crippen molar-refractivity contribution in [3.8, 4) is 0 Å². The first-order chi connectivity index (χ1) is 34.1. The number of hydrogen-bond acceptors (Lipinski definition) is 7. The fourth-order valence-corrected chi connectivity index (χ4v) is 10.4. The van der Waals surface area contributed by atoms with Crippen molar-refractivity contribution in [2.45, 2.75) is 0 Å². The molecule has 15 rings (SSSR count). The molecular weight excluding hydrogens is 849 g/mol. The summed E-state index contributed by atoms with van der Waals surface area (Å²) in [5.74, 6) is 1.39. The van der Waals surface area contributed by atoms with Crippen LogP contribution in [-0.4, -0.2) is 9.97 Å². The second kappa shape index (κ2) is 14.5. The zero-order valence-electron chi connectivity index (χ0n) is 36.8. The average Bonchev–Trinajstić information content (AvgIpc) is 4.08. The van der Waals surface area contributed by atoms with Crippen molar-refractivity contribution >= 4 is 144 Å². The van der Waals surface area contributed by atoms with E-state index in [1.807, 2.05) is 36.4 Å². The van der Waals surface area contributed by atoms with Crippen molar-refractivity contribution < 1.29 is 13.3 Å². The van der Waals surface area contributed by atoms with Crippen molar-refractivity contribution in [2.24, 2.45) is 0 Å². The Morgan fingerprint density at radius 1 is 0.246 bits per heavy atom. The van der Waals surface area contributed by atoms with E-state index >= 15 is 0 Å². The van der Waals surface area contributed by atoms with E-state index in [9.17, 15) is 0 Å². The first-order valence-electron chi connectivity index (χ1n) is 23.1. The Kier molecular flexibility index (Phi) is 7.94. The standard InChI is InChI=1S/C62H36N4O3/c1-3-11-39-31-43-33-45(19-17-41(43)29-37(39)9-1)65(47-21-23-51-49-13-5-7-15-55(49)67-57(51)35-47)59-27-25-53-54-26-28-60(64-62(54)69-61(53)63-59)66(48-22-24-52-50-14-6-8-16-56(50)68-58(52)36-48)46-20-18-42-30-38-10-2-4-12-40(38)32-44(42)34-46/h1-36H. The molecule has 0 unspecified atom stereocenters. The van der Waals surface area contributed by atoms with E-state index in [2.05, 4.69) is 192 Å². The average molecular weight is 885 g/mol. The molecule has 0 aliphatic rings. The minimum Gasteiger partial charge on any atom is -0.456 e. The van der Waals surface area contributed by atoms with E-state index in [1.165, 1.54) is 21.5 Å². The molecule has 15 aromatic rings. The molecule has 0 saturated carbocycles. The van der Waals surface area contributed by atoms with Crippen LogP contribution in [0.25, 0.3) is 109 Å². The molecule has 0 amide bonds. The van der Waals surface area contributed by atoms with Gasteiger partial charge in [-0.2, -0.15) is 9.97 Å². The summed E-state index contributed by atoms with van der Waals surface area (Å²) in [4.78, 5) is 14.9. The topological polar surface area (TPSA) is 71.7 Å². The summed E-state index contributed by atoms with van der Waals surface area (Å²) in [6.07, 6.45) is 0. The first-order valence-corrected chi connectivity index (χ1v) is 23.1. The van der Waals surface area contributed by atoms with Crippen LogP contribution in [0.3, 0.4) is 0 Å². The highest BCUT2D eigenvalue weighted by Crippen LogP contribution is 2.43. The molecule has 0 bridgehead atoms. The Labute approximate surface area is 393 Å². The van der Waals surface area contributed by atoms with Crippen LogP contribution < -0.4 is 9.80 Å². The van der Waals surface area contributed by atoms with Crippen molar-refractivity contribution in [2.75, 3.05) is 9.80 Å². The maximum absolute atomic E-state index is 6.72. The van der Waals surface area contributed by atoms with Gasteiger partial charge in [-0.1, -0.05) is 97.1 Å². The highest BCUT2D eigenvalue weighted by Gasteiger charge is 2.22. The lowest BCUT2D eigenvalue weighted by molar-refractivity contribution is 0.640. The van der Waals surface area contributed by atoms with Gasteiger partial charge in [-0.3, -0.25) is 9.80 Å². The molecule has 0 aliphatic carbocycles. The summed E-state index contributed by atoms with van der Waals surface area (Å²) in [5.41, 5.74) is 8.01. The maximum Gasteiger partial charge on any atom is 0.231 e. The third-order valence-electron chi connectivity index (χ3n) is 13.8. The minimum atomic E-state index is 0.488. The minimum absolute atomic E-state index is 0.488. The van der Waals surface area contributed by atoms with Crippen molar-refractivity contribution in [3.63, 3.8) is 0 Å². The van der Waals surface area contributed by atoms with E-state index in [0.29, 0.717) is 23.1 Å². The van der Waals surface area contributed by atoms with Gasteiger partial charge in [0.1, 0.15) is 34.0 Å². The van der Waals surface area contributed by atoms with Crippen LogP contribution in [0.5, 0.6) is 0 Å². The van der Waals surface area contributed by atoms with Crippen LogP contribution in [0.4, 0.5) is 34.4 Å². The number of para-hydroxylation sites is 2. The van der Waals surface area contributed by atoms with Crippen LogP contribution >= 0.6 is 0 Å². The van der Waals surface area contributed by atoms with Gasteiger partial charge in [0, 0.05) is 45.1 Å². The highest BCUT2D eigenvalue weighted by molar-refractivity contribution is 6.09. The van der Waals surface area contributed by atoms with Crippen LogP contribution in [0.2, 0.25) is 0 Å². The van der Waals surface area contributed by atoms with E-state index in [0.717, 1.165) is 98.9 Å². The van der Waals surface area contributed by atoms with E-state index in [1.54, 1.807) is 0 Å². The molecule has 69 heavy (non-hydrogen) atoms. The number of furan rings is 3. The predicted molar refractivity (Wildman–Crippen MR) is 283 cm³/mol. The number of hydrogen-bond donors (Lipinski definition) is 0. The molecule has 0 N–H and O–H groups in total. The van der Waals surface area contributed by atoms with E-state index in [4.69, 9.17) is 23.2 Å². The monoisotopic (exact) mass is 884 g/mol. The van der Waals surface area contributed by atoms with Gasteiger partial charge in [0.25, 0.3) is 0 Å². The molecule has 7 heteroatoms. The number of rotatable bonds is 6. The molecule has 0 radical (unpaired) electrons. The molecule has 10 aromatic carbocycles. The van der Waals surface area contributed by atoms with Crippen LogP contribution in [0.15, 0.2) is 232 Å². The predicted octanol–water partition coefficient (Wildman–Crippen LogP) is 17.7. The number of pyridine rings is 2. The molecular formula is C62H36N4O3. The second-order valence-electron chi connectivity index (χ2n) is 17.8. The van der Waals surface area contributed by atoms with Gasteiger partial charge < -0.3 is 13.3 Å². The number of aromatic nitrogens is 2. The largest absolute Gasteiger partial charge is 0.456 e. The number of benzene rings is 10. The molecule has 0 spiro atoms. The summed E-state index contributed by atoms with van der Waals surface area (Å²) >= 11 is 0. The van der Waals surface area contributed by atoms with Crippen LogP contribution in [0, 0.1) is 0 Å². The van der Waals surface area contributed by atoms with Gasteiger partial charge in [-0.05, 0) is 152 Å². The normalized spacial score (nSPS) is 12.1. The number of anilines is 6. The zero-order valence-corrected chi connectivity index (χ0v) is 36.8. The summed E-state index contributed by atoms with van der Waals surface area (Å²) in [5, 5.41) is 15.4. The van der Waals surface area contributed by atoms with Gasteiger partial charge in [-0.15, -0.1) is 0 Å². The van der Waals surface area contributed by atoms with Gasteiger partial charge in [-0.25, -0.2) is 0 Å². The van der Waals surface area contributed by atoms with Crippen LogP contribution in [-0.2, 0) is 0 Å². The van der Waals surface area contributed by atoms with Crippen molar-refractivity contribution in [1.29, 1.82) is 0 Å². The maximum atomic E-state index is 6.72. The van der Waals surface area contributed by atoms with E-state index in [-0.39, 0.29) is 0 Å². The molecule has 322 valence electrons. The van der Waals surface area contributed by atoms with Gasteiger partial charge in [0.2, 0.25) is 11.4 Å². The molecule has 5 aromatic heterocycles. The summed E-state index contributed by atoms with van der Waals surface area (Å²) in [7, 11) is 0. The van der Waals surface area contributed by atoms with Crippen LogP contribution in [0.1, 0.15) is 0 Å². The molecule has 0 atom stereocenters. The number of fused-ring (bicyclic) bond motifs is 13. The fourth-order valence-electron chi connectivity index (χ4n) is 10.4. The smallest absolute Gasteiger partial charge is 0.231 e. The SMILES string of the molecule is c1ccc2cc3cc(N(c4ccc5c(c4)oc4ccccc45)c4ccc5c(n4)oc4nc(N(c6ccc7cc8ccccc8cc7c6)c6ccc7c(c6)oc6ccccc67)ccc45)ccc3cc2c1. The third kappa shape index (κ3) is 6.00. The molecule has 0 fully saturated rings. The third-order valence-corrected chi connectivity index (χ3v) is 13.8. The molecule has 0 saturated heterocycles. The van der Waals surface area contributed by atoms with E-state index < -0.39 is 0 Å². The van der Waals surface area contributed by atoms with Crippen molar-refractivity contribution in [3.05, 3.63) is 218 Å². The Bertz CT molecular complexity index is 4310. The summed E-state index contributed by atoms with van der Waals surface area (Å²) in [6, 6.07) is 76.5. The Morgan fingerprint density at radius 2 is 0.594 bits per heavy atom. The van der Waals surface area contributed by atoms with Gasteiger partial charge in [0.05, 0.1) is 22.1 Å². The van der Waals surface area contributed by atoms with Gasteiger partial charge in [0.15, 0.2) is 0 Å². The number of nitrogens with zero attached hydrogens (tertiary/aromatic N) is 4. The van der Waals surface area contributed by atoms with Gasteiger partial charge >= 0.3 is 0 Å². The summed E-state index contributed by atoms with van der Waals surface area (Å²) < 4.78 is 19.6. The highest BCUT2D eigenvalue weighted by atomic mass is 16.3. The quantitative estimate of drug-likeness (QED) is 0.154. The molecule has 5 heterocycles. The first kappa shape index (κ1) is 37.7. The Hall–Kier alpha value is -9.46. The summed E-state index contributed by atoms with van der Waals surface area (Å²) in [6.45, 7) is 0. The Morgan fingerprint density at radius 3 is 1.06 bits per heavy atom. The lowest BCUT2D eigenvalue weighted by Crippen LogP contribution is -2.11. The lowest BCUT2D eigenvalue weighted by atomic mass is 10.0. The fraction of sp³-hybridized carbons (Fsp3) is 0. The van der Waals surface area contributed by atoms with Crippen molar-refractivity contribution in [1.82, 2.24) is 9.97 Å². The molecule has 7 nitrogen and oxygen atoms in total. The lowest BCUT2D eigenvalue weighted by Gasteiger charge is -2.24. The molecule has 0 aliphatic heterocycles.